The monoisotopic (exact) mass is 223 g/mol. The molecule has 0 spiro atoms. The van der Waals surface area contributed by atoms with Crippen LogP contribution in [0.5, 0.6) is 0 Å². The summed E-state index contributed by atoms with van der Waals surface area (Å²) in [4.78, 5) is 12.5. The minimum Gasteiger partial charge on any atom is -0.274 e. The van der Waals surface area contributed by atoms with E-state index in [1.54, 1.807) is 15.9 Å². The predicted molar refractivity (Wildman–Crippen MR) is 61.0 cm³/mol. The van der Waals surface area contributed by atoms with Crippen molar-refractivity contribution in [2.75, 3.05) is 0 Å². The molecule has 2 heterocycles. The van der Waals surface area contributed by atoms with Gasteiger partial charge in [0, 0.05) is 6.54 Å². The first-order valence-electron chi connectivity index (χ1n) is 4.87. The van der Waals surface area contributed by atoms with Crippen LogP contribution in [0.15, 0.2) is 22.3 Å². The van der Waals surface area contributed by atoms with Crippen molar-refractivity contribution < 1.29 is 0 Å². The second-order valence-corrected chi connectivity index (χ2v) is 4.78. The Morgan fingerprint density at radius 1 is 1.60 bits per heavy atom. The third-order valence-corrected chi connectivity index (χ3v) is 2.91. The summed E-state index contributed by atoms with van der Waals surface area (Å²) in [5, 5.41) is 8.52. The summed E-state index contributed by atoms with van der Waals surface area (Å²) in [6, 6.07) is 3.93. The number of aromatic amines is 1. The Hall–Kier alpha value is -1.36. The fourth-order valence-corrected chi connectivity index (χ4v) is 2.17. The molecule has 80 valence electrons. The standard InChI is InChI=1S/C10H13N3OS/c1-7(2)6-13-9(11-12-10(13)14)8-4-3-5-15-8/h3-5,7H,6H2,1-2H3,(H,12,14). The molecule has 0 fully saturated rings. The van der Waals surface area contributed by atoms with Crippen molar-refractivity contribution >= 4 is 11.3 Å². The summed E-state index contributed by atoms with van der Waals surface area (Å²) in [6.45, 7) is 4.86. The lowest BCUT2D eigenvalue weighted by Gasteiger charge is -2.06. The van der Waals surface area contributed by atoms with Gasteiger partial charge in [0.2, 0.25) is 0 Å². The Morgan fingerprint density at radius 2 is 2.40 bits per heavy atom. The first kappa shape index (κ1) is 10.2. The molecule has 2 aromatic heterocycles. The SMILES string of the molecule is CC(C)Cn1c(-c2cccs2)n[nH]c1=O. The van der Waals surface area contributed by atoms with Gasteiger partial charge in [-0.2, -0.15) is 5.10 Å². The van der Waals surface area contributed by atoms with E-state index in [1.807, 2.05) is 17.5 Å². The first-order valence-corrected chi connectivity index (χ1v) is 5.75. The van der Waals surface area contributed by atoms with E-state index in [0.29, 0.717) is 12.5 Å². The highest BCUT2D eigenvalue weighted by atomic mass is 32.1. The lowest BCUT2D eigenvalue weighted by Crippen LogP contribution is -2.20. The van der Waals surface area contributed by atoms with Gasteiger partial charge in [-0.15, -0.1) is 11.3 Å². The van der Waals surface area contributed by atoms with Crippen LogP contribution in [0.1, 0.15) is 13.8 Å². The summed E-state index contributed by atoms with van der Waals surface area (Å²) >= 11 is 1.59. The summed E-state index contributed by atoms with van der Waals surface area (Å²) < 4.78 is 1.69. The Labute approximate surface area is 91.6 Å². The summed E-state index contributed by atoms with van der Waals surface area (Å²) in [5.74, 6) is 1.17. The van der Waals surface area contributed by atoms with Crippen LogP contribution in [0.2, 0.25) is 0 Å². The Kier molecular flexibility index (Phi) is 2.73. The Bertz CT molecular complexity index is 481. The van der Waals surface area contributed by atoms with Crippen LogP contribution in [-0.2, 0) is 6.54 Å². The molecule has 0 amide bonds. The minimum absolute atomic E-state index is 0.132. The van der Waals surface area contributed by atoms with Gasteiger partial charge >= 0.3 is 5.69 Å². The zero-order chi connectivity index (χ0) is 10.8. The molecular formula is C10H13N3OS. The number of aromatic nitrogens is 3. The highest BCUT2D eigenvalue weighted by Crippen LogP contribution is 2.21. The molecule has 0 radical (unpaired) electrons. The molecule has 0 saturated heterocycles. The molecule has 0 aliphatic carbocycles. The topological polar surface area (TPSA) is 50.7 Å². The van der Waals surface area contributed by atoms with Crippen LogP contribution in [0.25, 0.3) is 10.7 Å². The number of hydrogen-bond donors (Lipinski definition) is 1. The van der Waals surface area contributed by atoms with E-state index >= 15 is 0 Å². The van der Waals surface area contributed by atoms with Crippen LogP contribution in [0.3, 0.4) is 0 Å². The van der Waals surface area contributed by atoms with Gasteiger partial charge in [-0.25, -0.2) is 9.89 Å². The van der Waals surface area contributed by atoms with Crippen LogP contribution >= 0.6 is 11.3 Å². The van der Waals surface area contributed by atoms with Crippen LogP contribution in [-0.4, -0.2) is 14.8 Å². The molecule has 0 bridgehead atoms. The number of H-pyrrole nitrogens is 1. The lowest BCUT2D eigenvalue weighted by atomic mass is 10.2. The predicted octanol–water partition coefficient (Wildman–Crippen LogP) is 1.96. The molecule has 0 aromatic carbocycles. The molecule has 15 heavy (non-hydrogen) atoms. The molecule has 4 nitrogen and oxygen atoms in total. The van der Waals surface area contributed by atoms with Crippen LogP contribution in [0, 0.1) is 5.92 Å². The smallest absolute Gasteiger partial charge is 0.274 e. The Balaban J connectivity index is 2.45. The van der Waals surface area contributed by atoms with Crippen molar-refractivity contribution in [1.82, 2.24) is 14.8 Å². The van der Waals surface area contributed by atoms with Gasteiger partial charge in [-0.3, -0.25) is 4.57 Å². The van der Waals surface area contributed by atoms with Gasteiger partial charge in [0.05, 0.1) is 4.88 Å². The van der Waals surface area contributed by atoms with E-state index in [2.05, 4.69) is 24.0 Å². The summed E-state index contributed by atoms with van der Waals surface area (Å²) in [5.41, 5.74) is -0.132. The summed E-state index contributed by atoms with van der Waals surface area (Å²) in [7, 11) is 0. The van der Waals surface area contributed by atoms with E-state index in [0.717, 1.165) is 10.7 Å². The second-order valence-electron chi connectivity index (χ2n) is 3.83. The van der Waals surface area contributed by atoms with Crippen molar-refractivity contribution in [2.45, 2.75) is 20.4 Å². The third kappa shape index (κ3) is 2.02. The number of nitrogens with zero attached hydrogens (tertiary/aromatic N) is 2. The molecule has 2 rings (SSSR count). The quantitative estimate of drug-likeness (QED) is 0.864. The van der Waals surface area contributed by atoms with Gasteiger partial charge in [0.25, 0.3) is 0 Å². The van der Waals surface area contributed by atoms with Crippen molar-refractivity contribution in [1.29, 1.82) is 0 Å². The van der Waals surface area contributed by atoms with E-state index in [-0.39, 0.29) is 5.69 Å². The van der Waals surface area contributed by atoms with Gasteiger partial charge in [0.1, 0.15) is 0 Å². The maximum atomic E-state index is 11.5. The molecule has 1 N–H and O–H groups in total. The fraction of sp³-hybridized carbons (Fsp3) is 0.400. The zero-order valence-corrected chi connectivity index (χ0v) is 9.54. The number of nitrogens with one attached hydrogen (secondary N) is 1. The van der Waals surface area contributed by atoms with E-state index in [4.69, 9.17) is 0 Å². The average molecular weight is 223 g/mol. The van der Waals surface area contributed by atoms with Gasteiger partial charge < -0.3 is 0 Å². The van der Waals surface area contributed by atoms with Gasteiger partial charge in [0.15, 0.2) is 5.82 Å². The van der Waals surface area contributed by atoms with Crippen molar-refractivity contribution in [3.05, 3.63) is 28.0 Å². The van der Waals surface area contributed by atoms with E-state index in [9.17, 15) is 4.79 Å². The average Bonchev–Trinajstić information content (AvgIpc) is 2.76. The molecule has 0 aliphatic heterocycles. The summed E-state index contributed by atoms with van der Waals surface area (Å²) in [6.07, 6.45) is 0. The number of hydrogen-bond acceptors (Lipinski definition) is 3. The van der Waals surface area contributed by atoms with Crippen LogP contribution in [0.4, 0.5) is 0 Å². The normalized spacial score (nSPS) is 11.1. The van der Waals surface area contributed by atoms with Gasteiger partial charge in [-0.05, 0) is 17.4 Å². The lowest BCUT2D eigenvalue weighted by molar-refractivity contribution is 0.515. The zero-order valence-electron chi connectivity index (χ0n) is 8.73. The van der Waals surface area contributed by atoms with E-state index in [1.165, 1.54) is 0 Å². The fourth-order valence-electron chi connectivity index (χ4n) is 1.45. The highest BCUT2D eigenvalue weighted by molar-refractivity contribution is 7.13. The molecule has 2 aromatic rings. The molecule has 0 unspecified atom stereocenters. The van der Waals surface area contributed by atoms with Gasteiger partial charge in [-0.1, -0.05) is 19.9 Å². The maximum absolute atomic E-state index is 11.5. The van der Waals surface area contributed by atoms with Crippen molar-refractivity contribution in [2.24, 2.45) is 5.92 Å². The first-order chi connectivity index (χ1) is 7.18. The van der Waals surface area contributed by atoms with Crippen molar-refractivity contribution in [3.8, 4) is 10.7 Å². The Morgan fingerprint density at radius 3 is 3.00 bits per heavy atom. The molecule has 0 aliphatic rings. The van der Waals surface area contributed by atoms with Crippen molar-refractivity contribution in [3.63, 3.8) is 0 Å². The number of thiophene rings is 1. The minimum atomic E-state index is -0.132. The largest absolute Gasteiger partial charge is 0.343 e. The molecular weight excluding hydrogens is 210 g/mol. The van der Waals surface area contributed by atoms with Crippen LogP contribution < -0.4 is 5.69 Å². The molecule has 0 atom stereocenters. The van der Waals surface area contributed by atoms with E-state index < -0.39 is 0 Å². The highest BCUT2D eigenvalue weighted by Gasteiger charge is 2.11. The second kappa shape index (κ2) is 4.02. The molecule has 0 saturated carbocycles. The third-order valence-electron chi connectivity index (χ3n) is 2.05. The molecule has 5 heteroatoms. The maximum Gasteiger partial charge on any atom is 0.343 e. The number of rotatable bonds is 3.